The highest BCUT2D eigenvalue weighted by Gasteiger charge is 2.09. The van der Waals surface area contributed by atoms with Gasteiger partial charge in [0.15, 0.2) is 0 Å². The molecule has 5 nitrogen and oxygen atoms in total. The molecule has 2 aromatic carbocycles. The van der Waals surface area contributed by atoms with Crippen LogP contribution in [0, 0.1) is 0 Å². The van der Waals surface area contributed by atoms with Gasteiger partial charge in [-0.1, -0.05) is 48.5 Å². The highest BCUT2D eigenvalue weighted by Crippen LogP contribution is 2.15. The van der Waals surface area contributed by atoms with Gasteiger partial charge in [0, 0.05) is 12.6 Å². The monoisotopic (exact) mass is 348 g/mol. The lowest BCUT2D eigenvalue weighted by Crippen LogP contribution is -2.20. The fourth-order valence-electron chi connectivity index (χ4n) is 2.39. The minimum atomic E-state index is -3.24. The van der Waals surface area contributed by atoms with E-state index in [1.54, 1.807) is 0 Å². The first-order chi connectivity index (χ1) is 11.4. The Hall–Kier alpha value is -1.73. The van der Waals surface area contributed by atoms with E-state index < -0.39 is 10.0 Å². The van der Waals surface area contributed by atoms with E-state index in [9.17, 15) is 13.5 Å². The van der Waals surface area contributed by atoms with Crippen molar-refractivity contribution in [1.29, 1.82) is 0 Å². The van der Waals surface area contributed by atoms with Gasteiger partial charge in [-0.15, -0.1) is 0 Å². The molecule has 0 aliphatic rings. The Bertz CT molecular complexity index is 758. The average Bonchev–Trinajstić information content (AvgIpc) is 2.60. The smallest absolute Gasteiger partial charge is 0.215 e. The van der Waals surface area contributed by atoms with Crippen molar-refractivity contribution in [3.8, 4) is 0 Å². The number of aliphatic hydroxyl groups is 1. The molecule has 24 heavy (non-hydrogen) atoms. The molecule has 0 saturated heterocycles. The van der Waals surface area contributed by atoms with Crippen LogP contribution >= 0.6 is 0 Å². The molecule has 0 amide bonds. The summed E-state index contributed by atoms with van der Waals surface area (Å²) in [6, 6.07) is 15.6. The van der Waals surface area contributed by atoms with Gasteiger partial charge in [0.25, 0.3) is 0 Å². The van der Waals surface area contributed by atoms with Crippen LogP contribution < -0.4 is 10.0 Å². The Balaban J connectivity index is 1.94. The van der Waals surface area contributed by atoms with Crippen LogP contribution in [0.4, 0.5) is 0 Å². The van der Waals surface area contributed by atoms with Crippen molar-refractivity contribution >= 4 is 10.0 Å². The van der Waals surface area contributed by atoms with E-state index in [0.29, 0.717) is 6.54 Å². The largest absolute Gasteiger partial charge is 0.392 e. The molecule has 0 radical (unpaired) electrons. The summed E-state index contributed by atoms with van der Waals surface area (Å²) in [7, 11) is -1.82. The van der Waals surface area contributed by atoms with Crippen LogP contribution in [-0.4, -0.2) is 20.6 Å². The second-order valence-corrected chi connectivity index (χ2v) is 7.71. The lowest BCUT2D eigenvalue weighted by molar-refractivity contribution is 0.281. The zero-order valence-corrected chi connectivity index (χ0v) is 14.8. The number of benzene rings is 2. The molecule has 1 unspecified atom stereocenters. The Morgan fingerprint density at radius 2 is 1.71 bits per heavy atom. The fourth-order valence-corrected chi connectivity index (χ4v) is 3.17. The molecule has 0 spiro atoms. The SMILES string of the molecule is CNS(=O)(=O)Cc1ccc(CNC(C)c2cccc(CO)c2)cc1. The molecule has 0 bridgehead atoms. The van der Waals surface area contributed by atoms with Gasteiger partial charge >= 0.3 is 0 Å². The van der Waals surface area contributed by atoms with Crippen molar-refractivity contribution in [3.63, 3.8) is 0 Å². The van der Waals surface area contributed by atoms with E-state index in [2.05, 4.69) is 17.0 Å². The quantitative estimate of drug-likeness (QED) is 0.682. The lowest BCUT2D eigenvalue weighted by atomic mass is 10.0. The number of hydrogen-bond acceptors (Lipinski definition) is 4. The number of nitrogens with one attached hydrogen (secondary N) is 2. The summed E-state index contributed by atoms with van der Waals surface area (Å²) in [4.78, 5) is 0. The van der Waals surface area contributed by atoms with Gasteiger partial charge in [-0.25, -0.2) is 13.1 Å². The van der Waals surface area contributed by atoms with Gasteiger partial charge in [0.2, 0.25) is 10.0 Å². The lowest BCUT2D eigenvalue weighted by Gasteiger charge is -2.15. The highest BCUT2D eigenvalue weighted by molar-refractivity contribution is 7.88. The van der Waals surface area contributed by atoms with Crippen LogP contribution in [0.2, 0.25) is 0 Å². The van der Waals surface area contributed by atoms with Crippen molar-refractivity contribution < 1.29 is 13.5 Å². The zero-order valence-electron chi connectivity index (χ0n) is 14.0. The van der Waals surface area contributed by atoms with Crippen molar-refractivity contribution in [2.75, 3.05) is 7.05 Å². The molecule has 0 aliphatic carbocycles. The molecule has 0 saturated carbocycles. The standard InChI is InChI=1S/C18H24N2O3S/c1-14(18-5-3-4-17(10-18)12-21)20-11-15-6-8-16(9-7-15)13-24(22,23)19-2/h3-10,14,19-21H,11-13H2,1-2H3. The molecule has 130 valence electrons. The molecular weight excluding hydrogens is 324 g/mol. The van der Waals surface area contributed by atoms with E-state index in [4.69, 9.17) is 0 Å². The minimum absolute atomic E-state index is 0.0123. The minimum Gasteiger partial charge on any atom is -0.392 e. The van der Waals surface area contributed by atoms with Crippen LogP contribution in [-0.2, 0) is 28.9 Å². The maximum absolute atomic E-state index is 11.5. The van der Waals surface area contributed by atoms with Gasteiger partial charge in [-0.3, -0.25) is 0 Å². The van der Waals surface area contributed by atoms with E-state index >= 15 is 0 Å². The molecule has 3 N–H and O–H groups in total. The first kappa shape index (κ1) is 18.6. The van der Waals surface area contributed by atoms with E-state index in [-0.39, 0.29) is 18.4 Å². The summed E-state index contributed by atoms with van der Waals surface area (Å²) in [6.45, 7) is 2.80. The number of aliphatic hydroxyl groups excluding tert-OH is 1. The predicted molar refractivity (Wildman–Crippen MR) is 95.7 cm³/mol. The third-order valence-corrected chi connectivity index (χ3v) is 5.27. The summed E-state index contributed by atoms with van der Waals surface area (Å²) in [5, 5.41) is 12.6. The first-order valence-corrected chi connectivity index (χ1v) is 9.51. The predicted octanol–water partition coefficient (Wildman–Crippen LogP) is 2.08. The number of sulfonamides is 1. The third-order valence-electron chi connectivity index (χ3n) is 3.94. The van der Waals surface area contributed by atoms with E-state index in [1.807, 2.05) is 48.5 Å². The van der Waals surface area contributed by atoms with Crippen LogP contribution in [0.1, 0.15) is 35.2 Å². The Morgan fingerprint density at radius 3 is 2.33 bits per heavy atom. The normalized spacial score (nSPS) is 13.0. The number of hydrogen-bond donors (Lipinski definition) is 3. The highest BCUT2D eigenvalue weighted by atomic mass is 32.2. The van der Waals surface area contributed by atoms with E-state index in [0.717, 1.165) is 22.3 Å². The summed E-state index contributed by atoms with van der Waals surface area (Å²) in [5.74, 6) is -0.0123. The Labute approximate surface area is 143 Å². The molecule has 0 heterocycles. The van der Waals surface area contributed by atoms with Crippen LogP contribution in [0.5, 0.6) is 0 Å². The Kier molecular flexibility index (Phi) is 6.51. The van der Waals surface area contributed by atoms with Crippen LogP contribution in [0.15, 0.2) is 48.5 Å². The molecule has 6 heteroatoms. The molecule has 2 aromatic rings. The molecular formula is C18H24N2O3S. The van der Waals surface area contributed by atoms with E-state index in [1.165, 1.54) is 7.05 Å². The summed E-state index contributed by atoms with van der Waals surface area (Å²) in [6.07, 6.45) is 0. The summed E-state index contributed by atoms with van der Waals surface area (Å²) in [5.41, 5.74) is 3.87. The van der Waals surface area contributed by atoms with Crippen LogP contribution in [0.3, 0.4) is 0 Å². The van der Waals surface area contributed by atoms with Gasteiger partial charge in [0.1, 0.15) is 0 Å². The van der Waals surface area contributed by atoms with Crippen molar-refractivity contribution in [3.05, 3.63) is 70.8 Å². The topological polar surface area (TPSA) is 78.4 Å². The third kappa shape index (κ3) is 5.42. The van der Waals surface area contributed by atoms with Gasteiger partial charge < -0.3 is 10.4 Å². The summed E-state index contributed by atoms with van der Waals surface area (Å²) < 4.78 is 25.4. The molecule has 0 aromatic heterocycles. The second kappa shape index (κ2) is 8.39. The van der Waals surface area contributed by atoms with Gasteiger partial charge in [0.05, 0.1) is 12.4 Å². The second-order valence-electron chi connectivity index (χ2n) is 5.79. The molecule has 2 rings (SSSR count). The molecule has 1 atom stereocenters. The fraction of sp³-hybridized carbons (Fsp3) is 0.333. The first-order valence-electron chi connectivity index (χ1n) is 7.85. The zero-order chi connectivity index (χ0) is 17.6. The summed E-state index contributed by atoms with van der Waals surface area (Å²) >= 11 is 0. The molecule has 0 fully saturated rings. The van der Waals surface area contributed by atoms with Gasteiger partial charge in [-0.2, -0.15) is 0 Å². The number of rotatable bonds is 8. The molecule has 0 aliphatic heterocycles. The Morgan fingerprint density at radius 1 is 1.04 bits per heavy atom. The average molecular weight is 348 g/mol. The van der Waals surface area contributed by atoms with Crippen molar-refractivity contribution in [2.24, 2.45) is 0 Å². The maximum Gasteiger partial charge on any atom is 0.215 e. The maximum atomic E-state index is 11.5. The van der Waals surface area contributed by atoms with Crippen LogP contribution in [0.25, 0.3) is 0 Å². The van der Waals surface area contributed by atoms with Crippen molar-refractivity contribution in [1.82, 2.24) is 10.0 Å². The van der Waals surface area contributed by atoms with Crippen molar-refractivity contribution in [2.45, 2.75) is 31.9 Å². The van der Waals surface area contributed by atoms with Gasteiger partial charge in [-0.05, 0) is 36.2 Å².